The average Bonchev–Trinajstić information content (AvgIpc) is 3.95. The highest BCUT2D eigenvalue weighted by Crippen LogP contribution is 2.51. The lowest BCUT2D eigenvalue weighted by molar-refractivity contribution is -0.156. The van der Waals surface area contributed by atoms with Crippen molar-refractivity contribution in [2.45, 2.75) is 98.1 Å². The Morgan fingerprint density at radius 1 is 1.13 bits per heavy atom. The molecule has 3 aliphatic heterocycles. The number of likely N-dealkylation sites (tertiary alicyclic amines) is 1. The molecule has 6 bridgehead atoms. The van der Waals surface area contributed by atoms with Crippen molar-refractivity contribution in [3.63, 3.8) is 0 Å². The van der Waals surface area contributed by atoms with Crippen LogP contribution in [0.3, 0.4) is 0 Å². The number of rotatable bonds is 9. The van der Waals surface area contributed by atoms with E-state index in [1.807, 2.05) is 37.1 Å². The monoisotopic (exact) mass is 865 g/mol. The number of hydrogen-bond acceptors (Lipinski definition) is 11. The second-order valence-electron chi connectivity index (χ2n) is 18.7. The molecule has 15 heteroatoms. The maximum atomic E-state index is 14.8. The Hall–Kier alpha value is -4.70. The molecule has 4 fully saturated rings. The molecular formula is C47H59N7O7S. The van der Waals surface area contributed by atoms with Gasteiger partial charge < -0.3 is 29.0 Å². The summed E-state index contributed by atoms with van der Waals surface area (Å²) in [5.74, 6) is -1.17. The highest BCUT2D eigenvalue weighted by Gasteiger charge is 2.60. The van der Waals surface area contributed by atoms with Crippen LogP contribution in [0.5, 0.6) is 0 Å². The summed E-state index contributed by atoms with van der Waals surface area (Å²) in [7, 11) is 1.69. The van der Waals surface area contributed by atoms with Crippen LogP contribution in [-0.4, -0.2) is 100 Å². The van der Waals surface area contributed by atoms with Crippen molar-refractivity contribution in [3.8, 4) is 22.5 Å². The van der Waals surface area contributed by atoms with Crippen molar-refractivity contribution < 1.29 is 33.4 Å². The molecule has 2 aliphatic carbocycles. The number of pyridine rings is 1. The first-order valence-corrected chi connectivity index (χ1v) is 23.2. The van der Waals surface area contributed by atoms with Crippen molar-refractivity contribution >= 4 is 45.9 Å². The number of carbonyl (C=O) groups is 4. The van der Waals surface area contributed by atoms with E-state index < -0.39 is 47.3 Å². The number of benzene rings is 1. The summed E-state index contributed by atoms with van der Waals surface area (Å²) in [5, 5.41) is 8.05. The Balaban J connectivity index is 1.12. The van der Waals surface area contributed by atoms with E-state index >= 15 is 0 Å². The van der Waals surface area contributed by atoms with Crippen LogP contribution < -0.4 is 10.7 Å². The van der Waals surface area contributed by atoms with Gasteiger partial charge in [0, 0.05) is 78.9 Å². The van der Waals surface area contributed by atoms with Gasteiger partial charge in [0.15, 0.2) is 0 Å². The Morgan fingerprint density at radius 2 is 1.92 bits per heavy atom. The van der Waals surface area contributed by atoms with Gasteiger partial charge in [-0.2, -0.15) is 0 Å². The predicted molar refractivity (Wildman–Crippen MR) is 234 cm³/mol. The van der Waals surface area contributed by atoms with Gasteiger partial charge in [0.25, 0.3) is 5.91 Å². The van der Waals surface area contributed by atoms with E-state index in [0.29, 0.717) is 49.2 Å². The molecule has 0 spiro atoms. The van der Waals surface area contributed by atoms with Crippen LogP contribution in [0.4, 0.5) is 0 Å². The van der Waals surface area contributed by atoms with Crippen LogP contribution in [0.25, 0.3) is 33.4 Å². The SMILES string of the molecule is CCO[C@@H]1c2nc(cs2)-c2ccc3c(c2)c(c(-c2cccnc2[C@H](C)OC)n3CC)CC(C)(C)COC(=O)[C@@H]2CCCN(N2)C(=O)C1NC(=O)[C@@H]1[C@@H](C)[C@H]1C(=O)N1CC2CC2C1. The highest BCUT2D eigenvalue weighted by atomic mass is 32.1. The number of methoxy groups -OCH3 is 1. The zero-order valence-electron chi connectivity index (χ0n) is 36.8. The van der Waals surface area contributed by atoms with Crippen molar-refractivity contribution in [2.75, 3.05) is 40.0 Å². The lowest BCUT2D eigenvalue weighted by Gasteiger charge is -2.37. The fourth-order valence-electron chi connectivity index (χ4n) is 10.2. The minimum absolute atomic E-state index is 0.0287. The summed E-state index contributed by atoms with van der Waals surface area (Å²) in [6.45, 7) is 15.1. The summed E-state index contributed by atoms with van der Waals surface area (Å²) in [6, 6.07) is 8.47. The predicted octanol–water partition coefficient (Wildman–Crippen LogP) is 6.10. The number of ether oxygens (including phenoxy) is 3. The molecule has 2 saturated carbocycles. The number of amides is 3. The van der Waals surface area contributed by atoms with Gasteiger partial charge in [-0.05, 0) is 94.0 Å². The fraction of sp³-hybridized carbons (Fsp3) is 0.574. The quantitative estimate of drug-likeness (QED) is 0.189. The van der Waals surface area contributed by atoms with E-state index in [9.17, 15) is 19.2 Å². The molecule has 330 valence electrons. The highest BCUT2D eigenvalue weighted by molar-refractivity contribution is 7.10. The molecule has 2 saturated heterocycles. The van der Waals surface area contributed by atoms with E-state index in [0.717, 1.165) is 57.8 Å². The zero-order chi connectivity index (χ0) is 43.6. The lowest BCUT2D eigenvalue weighted by atomic mass is 9.84. The number of carbonyl (C=O) groups excluding carboxylic acids is 4. The molecule has 4 aromatic rings. The topological polar surface area (TPSA) is 157 Å². The van der Waals surface area contributed by atoms with Crippen molar-refractivity contribution in [2.24, 2.45) is 35.0 Å². The van der Waals surface area contributed by atoms with Crippen molar-refractivity contribution in [3.05, 3.63) is 58.2 Å². The molecule has 3 unspecified atom stereocenters. The first kappa shape index (κ1) is 42.6. The first-order chi connectivity index (χ1) is 29.8. The maximum Gasteiger partial charge on any atom is 0.324 e. The van der Waals surface area contributed by atoms with Gasteiger partial charge in [-0.1, -0.05) is 26.8 Å². The number of aryl methyl sites for hydroxylation is 1. The number of fused-ring (bicyclic) bond motifs is 7. The van der Waals surface area contributed by atoms with Gasteiger partial charge >= 0.3 is 5.97 Å². The molecular weight excluding hydrogens is 807 g/mol. The second kappa shape index (κ2) is 16.8. The molecule has 5 aliphatic rings. The van der Waals surface area contributed by atoms with E-state index in [1.165, 1.54) is 22.8 Å². The van der Waals surface area contributed by atoms with Gasteiger partial charge in [0.05, 0.1) is 41.6 Å². The minimum Gasteiger partial charge on any atom is -0.464 e. The third-order valence-electron chi connectivity index (χ3n) is 13.8. The average molecular weight is 866 g/mol. The molecule has 3 aromatic heterocycles. The Labute approximate surface area is 367 Å². The van der Waals surface area contributed by atoms with Crippen LogP contribution in [-0.2, 0) is 46.4 Å². The summed E-state index contributed by atoms with van der Waals surface area (Å²) in [6.07, 6.45) is 3.39. The molecule has 2 N–H and O–H groups in total. The molecule has 3 amide bonds. The lowest BCUT2D eigenvalue weighted by Crippen LogP contribution is -2.61. The van der Waals surface area contributed by atoms with E-state index in [2.05, 4.69) is 60.3 Å². The van der Waals surface area contributed by atoms with Gasteiger partial charge in [0.1, 0.15) is 23.2 Å². The van der Waals surface area contributed by atoms with Gasteiger partial charge in [-0.25, -0.2) is 10.4 Å². The number of nitrogens with zero attached hydrogens (tertiary/aromatic N) is 5. The van der Waals surface area contributed by atoms with Gasteiger partial charge in [-0.3, -0.25) is 29.2 Å². The second-order valence-corrected chi connectivity index (χ2v) is 19.6. The molecule has 0 radical (unpaired) electrons. The largest absolute Gasteiger partial charge is 0.464 e. The van der Waals surface area contributed by atoms with Gasteiger partial charge in [-0.15, -0.1) is 11.3 Å². The van der Waals surface area contributed by atoms with E-state index in [-0.39, 0.29) is 37.0 Å². The number of hydrazine groups is 1. The zero-order valence-corrected chi connectivity index (χ0v) is 37.6. The van der Waals surface area contributed by atoms with Crippen LogP contribution in [0, 0.1) is 35.0 Å². The Morgan fingerprint density at radius 3 is 2.66 bits per heavy atom. The summed E-state index contributed by atoms with van der Waals surface area (Å²) in [4.78, 5) is 68.5. The third kappa shape index (κ3) is 7.83. The molecule has 14 nitrogen and oxygen atoms in total. The number of nitrogens with one attached hydrogen (secondary N) is 2. The Kier molecular flexibility index (Phi) is 11.5. The smallest absolute Gasteiger partial charge is 0.324 e. The van der Waals surface area contributed by atoms with Crippen LogP contribution in [0.1, 0.15) is 89.3 Å². The molecule has 9 atom stereocenters. The molecule has 1 aromatic carbocycles. The summed E-state index contributed by atoms with van der Waals surface area (Å²) in [5.41, 5.74) is 9.29. The Bertz CT molecular complexity index is 2380. The molecule has 62 heavy (non-hydrogen) atoms. The summed E-state index contributed by atoms with van der Waals surface area (Å²) < 4.78 is 20.6. The number of piperidine rings is 1. The first-order valence-electron chi connectivity index (χ1n) is 22.4. The number of thiazole rings is 1. The minimum atomic E-state index is -1.19. The van der Waals surface area contributed by atoms with Crippen molar-refractivity contribution in [1.82, 2.24) is 35.2 Å². The standard InChI is InChI=1S/C47H59N7O7S/c1-8-53-35-15-14-27-19-31(35)32(40(53)30-12-10-16-48-38(30)26(4)59-7)20-47(5,6)24-61-46(58)33-13-11-17-54(51-33)45(57)39(41(60-9-2)43-49-34(27)23-62-43)50-42(55)36-25(3)37(36)44(56)52-21-28-18-29(28)22-52/h10,12,14-16,19,23,25-26,28-29,33,36-37,39,41,51H,8-9,11,13,17-18,20-22,24H2,1-7H3,(H,50,55)/t25-,26+,28?,29?,33+,36-,37-,39?,41+/m1/s1. The maximum absolute atomic E-state index is 14.8. The van der Waals surface area contributed by atoms with Crippen LogP contribution >= 0.6 is 11.3 Å². The number of aromatic nitrogens is 3. The van der Waals surface area contributed by atoms with Crippen LogP contribution in [0.2, 0.25) is 0 Å². The third-order valence-corrected chi connectivity index (χ3v) is 14.8. The van der Waals surface area contributed by atoms with Crippen LogP contribution in [0.15, 0.2) is 41.9 Å². The molecule has 9 rings (SSSR count). The number of cyclic esters (lactones) is 1. The van der Waals surface area contributed by atoms with E-state index in [4.69, 9.17) is 24.2 Å². The molecule has 6 heterocycles. The number of esters is 1. The van der Waals surface area contributed by atoms with Crippen molar-refractivity contribution in [1.29, 1.82) is 0 Å². The normalized spacial score (nSPS) is 28.6. The summed E-state index contributed by atoms with van der Waals surface area (Å²) >= 11 is 1.37. The number of hydrogen-bond donors (Lipinski definition) is 2. The fourth-order valence-corrected chi connectivity index (χ4v) is 11.1. The van der Waals surface area contributed by atoms with E-state index in [1.54, 1.807) is 13.3 Å². The van der Waals surface area contributed by atoms with Gasteiger partial charge in [0.2, 0.25) is 11.8 Å².